The highest BCUT2D eigenvalue weighted by Crippen LogP contribution is 2.41. The average molecular weight is 342 g/mol. The molecule has 0 radical (unpaired) electrons. The normalized spacial score (nSPS) is 18.2. The van der Waals surface area contributed by atoms with Gasteiger partial charge in [0, 0.05) is 12.1 Å². The predicted molar refractivity (Wildman–Crippen MR) is 87.5 cm³/mol. The standard InChI is InChI=1S/C18H25F3N2O/c1-16(2,22)12-23-15(24)17(9-4-3-5-10-17)13-7-6-8-14(11-13)18(19,20)21/h6-8,11H,3-5,9-10,12,22H2,1-2H3,(H,23,24). The van der Waals surface area contributed by atoms with Gasteiger partial charge in [0.25, 0.3) is 0 Å². The van der Waals surface area contributed by atoms with E-state index in [0.717, 1.165) is 31.4 Å². The molecular weight excluding hydrogens is 317 g/mol. The minimum Gasteiger partial charge on any atom is -0.354 e. The number of carbonyl (C=O) groups excluding carboxylic acids is 1. The van der Waals surface area contributed by atoms with Crippen molar-refractivity contribution in [3.63, 3.8) is 0 Å². The number of hydrogen-bond donors (Lipinski definition) is 2. The maximum Gasteiger partial charge on any atom is 0.416 e. The molecule has 0 aromatic heterocycles. The average Bonchev–Trinajstić information content (AvgIpc) is 2.52. The van der Waals surface area contributed by atoms with Gasteiger partial charge in [-0.2, -0.15) is 13.2 Å². The molecule has 1 aromatic rings. The smallest absolute Gasteiger partial charge is 0.354 e. The van der Waals surface area contributed by atoms with E-state index >= 15 is 0 Å². The Bertz CT molecular complexity index is 585. The van der Waals surface area contributed by atoms with Gasteiger partial charge in [0.05, 0.1) is 11.0 Å². The van der Waals surface area contributed by atoms with Crippen LogP contribution in [0.4, 0.5) is 13.2 Å². The summed E-state index contributed by atoms with van der Waals surface area (Å²) < 4.78 is 39.1. The Hall–Kier alpha value is -1.56. The zero-order valence-corrected chi connectivity index (χ0v) is 14.2. The van der Waals surface area contributed by atoms with Gasteiger partial charge in [0.1, 0.15) is 0 Å². The molecule has 0 heterocycles. The minimum atomic E-state index is -4.42. The minimum absolute atomic E-state index is 0.222. The molecule has 24 heavy (non-hydrogen) atoms. The summed E-state index contributed by atoms with van der Waals surface area (Å²) in [7, 11) is 0. The molecule has 6 heteroatoms. The predicted octanol–water partition coefficient (Wildman–Crippen LogP) is 3.76. The third-order valence-corrected chi connectivity index (χ3v) is 4.59. The molecule has 1 amide bonds. The van der Waals surface area contributed by atoms with Gasteiger partial charge in [-0.1, -0.05) is 37.5 Å². The fourth-order valence-electron chi connectivity index (χ4n) is 3.27. The van der Waals surface area contributed by atoms with E-state index < -0.39 is 22.7 Å². The number of nitrogens with two attached hydrogens (primary N) is 1. The van der Waals surface area contributed by atoms with Crippen molar-refractivity contribution in [2.75, 3.05) is 6.54 Å². The highest BCUT2D eigenvalue weighted by atomic mass is 19.4. The number of carbonyl (C=O) groups is 1. The van der Waals surface area contributed by atoms with Crippen LogP contribution in [0, 0.1) is 0 Å². The monoisotopic (exact) mass is 342 g/mol. The van der Waals surface area contributed by atoms with E-state index in [4.69, 9.17) is 5.73 Å². The van der Waals surface area contributed by atoms with Crippen molar-refractivity contribution in [2.45, 2.75) is 63.1 Å². The molecule has 1 aliphatic rings. The Balaban J connectivity index is 2.36. The first-order valence-corrected chi connectivity index (χ1v) is 8.30. The van der Waals surface area contributed by atoms with Crippen LogP contribution in [-0.2, 0) is 16.4 Å². The van der Waals surface area contributed by atoms with E-state index in [2.05, 4.69) is 5.32 Å². The third-order valence-electron chi connectivity index (χ3n) is 4.59. The van der Waals surface area contributed by atoms with Crippen molar-refractivity contribution in [1.82, 2.24) is 5.32 Å². The summed E-state index contributed by atoms with van der Waals surface area (Å²) in [6, 6.07) is 5.18. The molecule has 0 spiro atoms. The van der Waals surface area contributed by atoms with Gasteiger partial charge >= 0.3 is 6.18 Å². The van der Waals surface area contributed by atoms with Crippen molar-refractivity contribution in [2.24, 2.45) is 5.73 Å². The van der Waals surface area contributed by atoms with Crippen molar-refractivity contribution in [1.29, 1.82) is 0 Å². The third kappa shape index (κ3) is 4.29. The van der Waals surface area contributed by atoms with Gasteiger partial charge in [-0.25, -0.2) is 0 Å². The second kappa shape index (κ2) is 6.75. The Morgan fingerprint density at radius 2 is 1.83 bits per heavy atom. The van der Waals surface area contributed by atoms with Gasteiger partial charge in [-0.3, -0.25) is 4.79 Å². The van der Waals surface area contributed by atoms with Crippen molar-refractivity contribution < 1.29 is 18.0 Å². The van der Waals surface area contributed by atoms with E-state index in [1.807, 2.05) is 0 Å². The first-order valence-electron chi connectivity index (χ1n) is 8.30. The number of benzene rings is 1. The number of amides is 1. The van der Waals surface area contributed by atoms with Crippen LogP contribution < -0.4 is 11.1 Å². The molecule has 1 fully saturated rings. The van der Waals surface area contributed by atoms with Crippen LogP contribution in [-0.4, -0.2) is 18.0 Å². The van der Waals surface area contributed by atoms with Crippen LogP contribution >= 0.6 is 0 Å². The lowest BCUT2D eigenvalue weighted by Crippen LogP contribution is -2.52. The summed E-state index contributed by atoms with van der Waals surface area (Å²) in [5.74, 6) is -0.222. The molecule has 3 nitrogen and oxygen atoms in total. The van der Waals surface area contributed by atoms with Crippen LogP contribution in [0.5, 0.6) is 0 Å². The lowest BCUT2D eigenvalue weighted by Gasteiger charge is -2.37. The molecule has 3 N–H and O–H groups in total. The Morgan fingerprint density at radius 3 is 2.38 bits per heavy atom. The van der Waals surface area contributed by atoms with Gasteiger partial charge in [0.2, 0.25) is 5.91 Å². The maximum atomic E-state index is 13.0. The number of rotatable bonds is 4. The maximum absolute atomic E-state index is 13.0. The lowest BCUT2D eigenvalue weighted by molar-refractivity contribution is -0.138. The van der Waals surface area contributed by atoms with Crippen molar-refractivity contribution >= 4 is 5.91 Å². The van der Waals surface area contributed by atoms with E-state index in [1.54, 1.807) is 19.9 Å². The van der Waals surface area contributed by atoms with Gasteiger partial charge < -0.3 is 11.1 Å². The summed E-state index contributed by atoms with van der Waals surface area (Å²) in [6.07, 6.45) is -0.639. The summed E-state index contributed by atoms with van der Waals surface area (Å²) in [5.41, 5.74) is 4.18. The molecular formula is C18H25F3N2O. The van der Waals surface area contributed by atoms with Gasteiger partial charge in [-0.05, 0) is 38.3 Å². The number of halogens is 3. The first kappa shape index (κ1) is 18.8. The number of alkyl halides is 3. The molecule has 1 aliphatic carbocycles. The molecule has 2 rings (SSSR count). The van der Waals surface area contributed by atoms with Crippen LogP contribution in [0.3, 0.4) is 0 Å². The molecule has 134 valence electrons. The lowest BCUT2D eigenvalue weighted by atomic mass is 9.68. The van der Waals surface area contributed by atoms with E-state index in [1.165, 1.54) is 6.07 Å². The quantitative estimate of drug-likeness (QED) is 0.875. The van der Waals surface area contributed by atoms with Crippen molar-refractivity contribution in [3.05, 3.63) is 35.4 Å². The SMILES string of the molecule is CC(C)(N)CNC(=O)C1(c2cccc(C(F)(F)F)c2)CCCCC1. The topological polar surface area (TPSA) is 55.1 Å². The molecule has 0 atom stereocenters. The number of nitrogens with one attached hydrogen (secondary N) is 1. The molecule has 1 saturated carbocycles. The first-order chi connectivity index (χ1) is 11.0. The fraction of sp³-hybridized carbons (Fsp3) is 0.611. The Kier molecular flexibility index (Phi) is 5.28. The Morgan fingerprint density at radius 1 is 1.21 bits per heavy atom. The van der Waals surface area contributed by atoms with Crippen LogP contribution in [0.1, 0.15) is 57.1 Å². The summed E-state index contributed by atoms with van der Waals surface area (Å²) in [5, 5.41) is 2.84. The molecule has 0 aliphatic heterocycles. The summed E-state index contributed by atoms with van der Waals surface area (Å²) >= 11 is 0. The Labute approximate surface area is 140 Å². The molecule has 1 aromatic carbocycles. The van der Waals surface area contributed by atoms with E-state index in [9.17, 15) is 18.0 Å². The fourth-order valence-corrected chi connectivity index (χ4v) is 3.27. The summed E-state index contributed by atoms with van der Waals surface area (Å²) in [4.78, 5) is 12.9. The summed E-state index contributed by atoms with van der Waals surface area (Å²) in [6.45, 7) is 3.88. The molecule has 0 unspecified atom stereocenters. The van der Waals surface area contributed by atoms with Crippen molar-refractivity contribution in [3.8, 4) is 0 Å². The zero-order valence-electron chi connectivity index (χ0n) is 14.2. The van der Waals surface area contributed by atoms with Crippen LogP contribution in [0.15, 0.2) is 24.3 Å². The second-order valence-electron chi connectivity index (χ2n) is 7.39. The molecule has 0 saturated heterocycles. The largest absolute Gasteiger partial charge is 0.416 e. The van der Waals surface area contributed by atoms with E-state index in [0.29, 0.717) is 18.4 Å². The zero-order chi connectivity index (χ0) is 18.0. The van der Waals surface area contributed by atoms with Gasteiger partial charge in [0.15, 0.2) is 0 Å². The molecule has 0 bridgehead atoms. The second-order valence-corrected chi connectivity index (χ2v) is 7.39. The highest BCUT2D eigenvalue weighted by molar-refractivity contribution is 5.88. The van der Waals surface area contributed by atoms with Crippen LogP contribution in [0.25, 0.3) is 0 Å². The van der Waals surface area contributed by atoms with Crippen LogP contribution in [0.2, 0.25) is 0 Å². The number of hydrogen-bond acceptors (Lipinski definition) is 2. The van der Waals surface area contributed by atoms with Gasteiger partial charge in [-0.15, -0.1) is 0 Å². The highest BCUT2D eigenvalue weighted by Gasteiger charge is 2.42. The van der Waals surface area contributed by atoms with E-state index in [-0.39, 0.29) is 12.5 Å².